The molecule has 0 saturated carbocycles. The van der Waals surface area contributed by atoms with Crippen molar-refractivity contribution in [2.24, 2.45) is 0 Å². The van der Waals surface area contributed by atoms with Crippen LogP contribution in [0, 0.1) is 0 Å². The zero-order valence-corrected chi connectivity index (χ0v) is 16.1. The second-order valence-electron chi connectivity index (χ2n) is 6.27. The van der Waals surface area contributed by atoms with E-state index in [1.54, 1.807) is 30.3 Å². The Morgan fingerprint density at radius 3 is 2.10 bits per heavy atom. The second kappa shape index (κ2) is 10.1. The second-order valence-corrected chi connectivity index (χ2v) is 6.27. The van der Waals surface area contributed by atoms with Gasteiger partial charge < -0.3 is 20.1 Å². The predicted octanol–water partition coefficient (Wildman–Crippen LogP) is 4.10. The van der Waals surface area contributed by atoms with Gasteiger partial charge in [-0.15, -0.1) is 0 Å². The summed E-state index contributed by atoms with van der Waals surface area (Å²) in [4.78, 5) is 24.3. The van der Waals surface area contributed by atoms with Crippen LogP contribution in [0.15, 0.2) is 78.9 Å². The molecule has 0 aliphatic carbocycles. The van der Waals surface area contributed by atoms with Crippen LogP contribution < -0.4 is 15.4 Å². The van der Waals surface area contributed by atoms with Gasteiger partial charge in [-0.25, -0.2) is 0 Å². The highest BCUT2D eigenvalue weighted by molar-refractivity contribution is 6.05. The number of carbonyl (C=O) groups is 2. The number of para-hydroxylation sites is 1. The van der Waals surface area contributed by atoms with Gasteiger partial charge >= 0.3 is 0 Å². The molecule has 2 amide bonds. The Bertz CT molecular complexity index is 956. The number of benzene rings is 3. The van der Waals surface area contributed by atoms with E-state index in [-0.39, 0.29) is 25.0 Å². The molecule has 6 nitrogen and oxygen atoms in total. The smallest absolute Gasteiger partial charge is 0.256 e. The van der Waals surface area contributed by atoms with E-state index in [9.17, 15) is 9.59 Å². The molecule has 0 radical (unpaired) electrons. The van der Waals surface area contributed by atoms with Gasteiger partial charge in [0.2, 0.25) is 5.91 Å². The molecule has 148 valence electrons. The summed E-state index contributed by atoms with van der Waals surface area (Å²) >= 11 is 0. The van der Waals surface area contributed by atoms with Crippen molar-refractivity contribution in [2.45, 2.75) is 6.61 Å². The van der Waals surface area contributed by atoms with E-state index >= 15 is 0 Å². The molecule has 0 aromatic heterocycles. The first-order valence-electron chi connectivity index (χ1n) is 9.11. The van der Waals surface area contributed by atoms with Crippen molar-refractivity contribution < 1.29 is 19.1 Å². The van der Waals surface area contributed by atoms with Crippen molar-refractivity contribution in [3.05, 3.63) is 90.0 Å². The van der Waals surface area contributed by atoms with Gasteiger partial charge in [0.1, 0.15) is 19.0 Å². The molecule has 0 bridgehead atoms. The Morgan fingerprint density at radius 1 is 0.793 bits per heavy atom. The number of ether oxygens (including phenoxy) is 2. The molecule has 0 aliphatic heterocycles. The van der Waals surface area contributed by atoms with Crippen molar-refractivity contribution in [1.82, 2.24) is 0 Å². The summed E-state index contributed by atoms with van der Waals surface area (Å²) in [5.74, 6) is 0.277. The number of anilines is 2. The molecule has 3 rings (SSSR count). The van der Waals surface area contributed by atoms with Gasteiger partial charge in [-0.2, -0.15) is 0 Å². The highest BCUT2D eigenvalue weighted by Gasteiger charge is 2.12. The van der Waals surface area contributed by atoms with Crippen LogP contribution in [0.5, 0.6) is 5.75 Å². The normalized spacial score (nSPS) is 10.2. The highest BCUT2D eigenvalue weighted by Crippen LogP contribution is 2.18. The van der Waals surface area contributed by atoms with Crippen LogP contribution in [0.25, 0.3) is 0 Å². The van der Waals surface area contributed by atoms with E-state index in [2.05, 4.69) is 10.6 Å². The summed E-state index contributed by atoms with van der Waals surface area (Å²) in [6.07, 6.45) is 0. The van der Waals surface area contributed by atoms with E-state index in [1.165, 1.54) is 7.11 Å². The minimum atomic E-state index is -0.239. The molecular formula is C23H22N2O4. The van der Waals surface area contributed by atoms with Gasteiger partial charge in [0.15, 0.2) is 0 Å². The van der Waals surface area contributed by atoms with Gasteiger partial charge in [-0.05, 0) is 42.5 Å². The maximum atomic E-state index is 12.7. The lowest BCUT2D eigenvalue weighted by Crippen LogP contribution is -2.17. The molecular weight excluding hydrogens is 368 g/mol. The Kier molecular flexibility index (Phi) is 6.97. The summed E-state index contributed by atoms with van der Waals surface area (Å²) in [6.45, 7) is 0.276. The summed E-state index contributed by atoms with van der Waals surface area (Å²) in [6, 6.07) is 23.7. The molecule has 0 unspecified atom stereocenters. The number of hydrogen-bond donors (Lipinski definition) is 2. The first-order valence-corrected chi connectivity index (χ1v) is 9.11. The SMILES string of the molecule is COCC(=O)Nc1ccc(NC(=O)c2ccccc2COc2ccccc2)cc1. The van der Waals surface area contributed by atoms with Gasteiger partial charge in [0.05, 0.1) is 0 Å². The number of amides is 2. The fraction of sp³-hybridized carbons (Fsp3) is 0.130. The first kappa shape index (κ1) is 20.1. The lowest BCUT2D eigenvalue weighted by Gasteiger charge is -2.12. The third kappa shape index (κ3) is 5.92. The minimum absolute atomic E-state index is 0.0136. The average Bonchev–Trinajstić information content (AvgIpc) is 2.75. The lowest BCUT2D eigenvalue weighted by atomic mass is 10.1. The predicted molar refractivity (Wildman–Crippen MR) is 112 cm³/mol. The van der Waals surface area contributed by atoms with E-state index in [0.29, 0.717) is 16.9 Å². The van der Waals surface area contributed by atoms with E-state index in [4.69, 9.17) is 9.47 Å². The Hall–Kier alpha value is -3.64. The largest absolute Gasteiger partial charge is 0.489 e. The number of rotatable bonds is 8. The van der Waals surface area contributed by atoms with Crippen molar-refractivity contribution in [1.29, 1.82) is 0 Å². The van der Waals surface area contributed by atoms with Crippen molar-refractivity contribution >= 4 is 23.2 Å². The average molecular weight is 390 g/mol. The molecule has 6 heteroatoms. The van der Waals surface area contributed by atoms with Crippen LogP contribution in [0.4, 0.5) is 11.4 Å². The maximum Gasteiger partial charge on any atom is 0.256 e. The molecule has 0 fully saturated rings. The van der Waals surface area contributed by atoms with Crippen molar-refractivity contribution in [3.63, 3.8) is 0 Å². The van der Waals surface area contributed by atoms with Crippen molar-refractivity contribution in [3.8, 4) is 5.75 Å². The zero-order valence-electron chi connectivity index (χ0n) is 16.1. The molecule has 0 atom stereocenters. The molecule has 3 aromatic rings. The van der Waals surface area contributed by atoms with Crippen LogP contribution in [0.2, 0.25) is 0 Å². The standard InChI is InChI=1S/C23H22N2O4/c1-28-16-22(26)24-18-11-13-19(14-12-18)25-23(27)21-10-6-5-7-17(21)15-29-20-8-3-2-4-9-20/h2-14H,15-16H2,1H3,(H,24,26)(H,25,27). The highest BCUT2D eigenvalue weighted by atomic mass is 16.5. The monoisotopic (exact) mass is 390 g/mol. The van der Waals surface area contributed by atoms with Gasteiger partial charge in [0.25, 0.3) is 5.91 Å². The summed E-state index contributed by atoms with van der Waals surface area (Å²) < 4.78 is 10.6. The minimum Gasteiger partial charge on any atom is -0.489 e. The van der Waals surface area contributed by atoms with Gasteiger partial charge in [0, 0.05) is 29.6 Å². The van der Waals surface area contributed by atoms with E-state index in [0.717, 1.165) is 11.3 Å². The number of hydrogen-bond acceptors (Lipinski definition) is 4. The quantitative estimate of drug-likeness (QED) is 0.607. The Morgan fingerprint density at radius 2 is 1.41 bits per heavy atom. The molecule has 29 heavy (non-hydrogen) atoms. The number of methoxy groups -OCH3 is 1. The van der Waals surface area contributed by atoms with Gasteiger partial charge in [-0.3, -0.25) is 9.59 Å². The van der Waals surface area contributed by atoms with Crippen LogP contribution in [-0.4, -0.2) is 25.5 Å². The number of nitrogens with one attached hydrogen (secondary N) is 2. The molecule has 0 spiro atoms. The molecule has 2 N–H and O–H groups in total. The Labute approximate surface area is 169 Å². The van der Waals surface area contributed by atoms with Crippen LogP contribution in [-0.2, 0) is 16.1 Å². The fourth-order valence-corrected chi connectivity index (χ4v) is 2.71. The topological polar surface area (TPSA) is 76.7 Å². The third-order valence-electron chi connectivity index (χ3n) is 4.10. The van der Waals surface area contributed by atoms with Crippen LogP contribution >= 0.6 is 0 Å². The van der Waals surface area contributed by atoms with E-state index < -0.39 is 0 Å². The lowest BCUT2D eigenvalue weighted by molar-refractivity contribution is -0.119. The first-order chi connectivity index (χ1) is 14.2. The Balaban J connectivity index is 1.64. The molecule has 3 aromatic carbocycles. The van der Waals surface area contributed by atoms with Crippen LogP contribution in [0.3, 0.4) is 0 Å². The maximum absolute atomic E-state index is 12.7. The number of carbonyl (C=O) groups excluding carboxylic acids is 2. The van der Waals surface area contributed by atoms with E-state index in [1.807, 2.05) is 48.5 Å². The van der Waals surface area contributed by atoms with Crippen molar-refractivity contribution in [2.75, 3.05) is 24.4 Å². The van der Waals surface area contributed by atoms with Crippen LogP contribution in [0.1, 0.15) is 15.9 Å². The third-order valence-corrected chi connectivity index (χ3v) is 4.10. The fourth-order valence-electron chi connectivity index (χ4n) is 2.71. The molecule has 0 saturated heterocycles. The molecule has 0 aliphatic rings. The molecule has 0 heterocycles. The summed E-state index contributed by atoms with van der Waals surface area (Å²) in [7, 11) is 1.46. The summed E-state index contributed by atoms with van der Waals surface area (Å²) in [5.41, 5.74) is 2.58. The van der Waals surface area contributed by atoms with Gasteiger partial charge in [-0.1, -0.05) is 36.4 Å². The zero-order chi connectivity index (χ0) is 20.5. The summed E-state index contributed by atoms with van der Waals surface area (Å²) in [5, 5.41) is 5.57.